The number of halogens is 3. The number of H-pyrrole nitrogens is 1. The van der Waals surface area contributed by atoms with Crippen LogP contribution in [0, 0.1) is 11.8 Å². The molecule has 2 rings (SSSR count). The van der Waals surface area contributed by atoms with Crippen molar-refractivity contribution in [3.05, 3.63) is 11.9 Å². The lowest BCUT2D eigenvalue weighted by atomic mass is 10.3. The van der Waals surface area contributed by atoms with Gasteiger partial charge in [0.1, 0.15) is 0 Å². The molecule has 0 aromatic carbocycles. The summed E-state index contributed by atoms with van der Waals surface area (Å²) < 4.78 is 42.1. The van der Waals surface area contributed by atoms with Gasteiger partial charge in [0.2, 0.25) is 0 Å². The minimum atomic E-state index is -4.43. The van der Waals surface area contributed by atoms with Crippen molar-refractivity contribution in [2.45, 2.75) is 19.5 Å². The van der Waals surface area contributed by atoms with Gasteiger partial charge in [-0.05, 0) is 18.3 Å². The van der Waals surface area contributed by atoms with Crippen LogP contribution in [0.1, 0.15) is 19.0 Å². The molecule has 0 radical (unpaired) electrons. The SMILES string of the molecule is C[C@H]1CC1COc1cn[nH]c1C(F)(F)F. The van der Waals surface area contributed by atoms with Gasteiger partial charge in [0.05, 0.1) is 12.8 Å². The van der Waals surface area contributed by atoms with E-state index in [4.69, 9.17) is 4.74 Å². The number of hydrogen-bond acceptors (Lipinski definition) is 2. The molecule has 15 heavy (non-hydrogen) atoms. The molecule has 1 aromatic rings. The molecule has 1 fully saturated rings. The molecule has 1 unspecified atom stereocenters. The predicted molar refractivity (Wildman–Crippen MR) is 46.4 cm³/mol. The Kier molecular flexibility index (Phi) is 2.36. The molecule has 84 valence electrons. The predicted octanol–water partition coefficient (Wildman–Crippen LogP) is 2.46. The maximum atomic E-state index is 12.3. The number of nitrogens with one attached hydrogen (secondary N) is 1. The molecule has 1 heterocycles. The van der Waals surface area contributed by atoms with E-state index in [0.29, 0.717) is 18.4 Å². The molecule has 1 aliphatic carbocycles. The van der Waals surface area contributed by atoms with E-state index in [9.17, 15) is 13.2 Å². The van der Waals surface area contributed by atoms with Crippen LogP contribution >= 0.6 is 0 Å². The normalized spacial score (nSPS) is 25.3. The Labute approximate surface area is 84.6 Å². The first-order valence-corrected chi connectivity index (χ1v) is 4.72. The van der Waals surface area contributed by atoms with Crippen molar-refractivity contribution in [3.63, 3.8) is 0 Å². The van der Waals surface area contributed by atoms with E-state index in [-0.39, 0.29) is 5.75 Å². The number of hydrogen-bond donors (Lipinski definition) is 1. The highest BCUT2D eigenvalue weighted by molar-refractivity contribution is 5.26. The summed E-state index contributed by atoms with van der Waals surface area (Å²) in [5.74, 6) is 0.744. The maximum absolute atomic E-state index is 12.3. The van der Waals surface area contributed by atoms with Gasteiger partial charge in [-0.25, -0.2) is 0 Å². The molecule has 0 aliphatic heterocycles. The first-order valence-electron chi connectivity index (χ1n) is 4.72. The number of nitrogens with zero attached hydrogens (tertiary/aromatic N) is 1. The summed E-state index contributed by atoms with van der Waals surface area (Å²) in [5, 5.41) is 5.24. The minimum absolute atomic E-state index is 0.207. The monoisotopic (exact) mass is 220 g/mol. The average molecular weight is 220 g/mol. The van der Waals surface area contributed by atoms with Crippen LogP contribution in [0.25, 0.3) is 0 Å². The number of aromatic nitrogens is 2. The molecule has 3 nitrogen and oxygen atoms in total. The van der Waals surface area contributed by atoms with Crippen molar-refractivity contribution in [2.24, 2.45) is 11.8 Å². The quantitative estimate of drug-likeness (QED) is 0.849. The molecule has 2 atom stereocenters. The van der Waals surface area contributed by atoms with Crippen molar-refractivity contribution in [2.75, 3.05) is 6.61 Å². The van der Waals surface area contributed by atoms with Gasteiger partial charge in [-0.15, -0.1) is 0 Å². The van der Waals surface area contributed by atoms with Crippen molar-refractivity contribution in [1.82, 2.24) is 10.2 Å². The molecule has 0 bridgehead atoms. The first-order chi connectivity index (χ1) is 6.98. The molecule has 1 N–H and O–H groups in total. The Morgan fingerprint density at radius 1 is 1.60 bits per heavy atom. The van der Waals surface area contributed by atoms with Gasteiger partial charge >= 0.3 is 6.18 Å². The summed E-state index contributed by atoms with van der Waals surface area (Å²) in [4.78, 5) is 0. The number of ether oxygens (including phenoxy) is 1. The van der Waals surface area contributed by atoms with Crippen LogP contribution < -0.4 is 4.74 Å². The van der Waals surface area contributed by atoms with Crippen molar-refractivity contribution >= 4 is 0 Å². The lowest BCUT2D eigenvalue weighted by molar-refractivity contribution is -0.142. The lowest BCUT2D eigenvalue weighted by Crippen LogP contribution is -2.09. The van der Waals surface area contributed by atoms with E-state index in [2.05, 4.69) is 5.10 Å². The number of aromatic amines is 1. The molecular formula is C9H11F3N2O. The summed E-state index contributed by atoms with van der Waals surface area (Å²) in [6.45, 7) is 2.39. The van der Waals surface area contributed by atoms with Gasteiger partial charge in [-0.3, -0.25) is 5.10 Å². The molecule has 1 aromatic heterocycles. The summed E-state index contributed by atoms with van der Waals surface area (Å²) >= 11 is 0. The zero-order chi connectivity index (χ0) is 11.1. The van der Waals surface area contributed by atoms with E-state index in [1.54, 1.807) is 0 Å². The van der Waals surface area contributed by atoms with Crippen molar-refractivity contribution in [1.29, 1.82) is 0 Å². The highest BCUT2D eigenvalue weighted by Crippen LogP contribution is 2.39. The second-order valence-electron chi connectivity index (χ2n) is 3.89. The van der Waals surface area contributed by atoms with Crippen LogP contribution in [0.4, 0.5) is 13.2 Å². The van der Waals surface area contributed by atoms with Crippen LogP contribution in [-0.2, 0) is 6.18 Å². The maximum Gasteiger partial charge on any atom is 0.436 e. The van der Waals surface area contributed by atoms with Crippen LogP contribution in [0.3, 0.4) is 0 Å². The van der Waals surface area contributed by atoms with Crippen LogP contribution in [0.2, 0.25) is 0 Å². The third-order valence-electron chi connectivity index (χ3n) is 2.62. The van der Waals surface area contributed by atoms with Crippen molar-refractivity contribution in [3.8, 4) is 5.75 Å². The highest BCUT2D eigenvalue weighted by Gasteiger charge is 2.38. The molecule has 1 saturated carbocycles. The minimum Gasteiger partial charge on any atom is -0.489 e. The van der Waals surface area contributed by atoms with E-state index in [1.807, 2.05) is 12.0 Å². The molecule has 6 heteroatoms. The summed E-state index contributed by atoms with van der Waals surface area (Å²) in [6.07, 6.45) is -2.34. The zero-order valence-corrected chi connectivity index (χ0v) is 8.14. The average Bonchev–Trinajstić information content (AvgIpc) is 2.66. The Morgan fingerprint density at radius 3 is 2.80 bits per heavy atom. The van der Waals surface area contributed by atoms with Crippen LogP contribution in [0.5, 0.6) is 5.75 Å². The summed E-state index contributed by atoms with van der Waals surface area (Å²) in [7, 11) is 0. The largest absolute Gasteiger partial charge is 0.489 e. The Morgan fingerprint density at radius 2 is 2.27 bits per heavy atom. The van der Waals surface area contributed by atoms with E-state index < -0.39 is 11.9 Å². The van der Waals surface area contributed by atoms with E-state index in [0.717, 1.165) is 12.6 Å². The second kappa shape index (κ2) is 3.43. The van der Waals surface area contributed by atoms with Gasteiger partial charge in [0, 0.05) is 0 Å². The summed E-state index contributed by atoms with van der Waals surface area (Å²) in [5.41, 5.74) is -0.907. The fourth-order valence-corrected chi connectivity index (χ4v) is 1.42. The zero-order valence-electron chi connectivity index (χ0n) is 8.14. The molecular weight excluding hydrogens is 209 g/mol. The van der Waals surface area contributed by atoms with Crippen LogP contribution in [-0.4, -0.2) is 16.8 Å². The topological polar surface area (TPSA) is 37.9 Å². The second-order valence-corrected chi connectivity index (χ2v) is 3.89. The fraction of sp³-hybridized carbons (Fsp3) is 0.667. The smallest absolute Gasteiger partial charge is 0.436 e. The third-order valence-corrected chi connectivity index (χ3v) is 2.62. The summed E-state index contributed by atoms with van der Waals surface area (Å²) in [6, 6.07) is 0. The molecule has 0 spiro atoms. The number of rotatable bonds is 3. The Hall–Kier alpha value is -1.20. The van der Waals surface area contributed by atoms with Crippen LogP contribution in [0.15, 0.2) is 6.20 Å². The van der Waals surface area contributed by atoms with Crippen molar-refractivity contribution < 1.29 is 17.9 Å². The van der Waals surface area contributed by atoms with Gasteiger partial charge in [0.15, 0.2) is 11.4 Å². The number of alkyl halides is 3. The molecule has 0 saturated heterocycles. The van der Waals surface area contributed by atoms with Gasteiger partial charge in [-0.1, -0.05) is 6.92 Å². The molecule has 1 aliphatic rings. The van der Waals surface area contributed by atoms with E-state index >= 15 is 0 Å². The van der Waals surface area contributed by atoms with Gasteiger partial charge in [-0.2, -0.15) is 18.3 Å². The highest BCUT2D eigenvalue weighted by atomic mass is 19.4. The first kappa shape index (κ1) is 10.3. The van der Waals surface area contributed by atoms with Gasteiger partial charge < -0.3 is 4.74 Å². The van der Waals surface area contributed by atoms with Gasteiger partial charge in [0.25, 0.3) is 0 Å². The Balaban J connectivity index is 1.99. The Bertz CT molecular complexity index is 347. The fourth-order valence-electron chi connectivity index (χ4n) is 1.42. The van der Waals surface area contributed by atoms with E-state index in [1.165, 1.54) is 0 Å². The standard InChI is InChI=1S/C9H11F3N2O/c1-5-2-6(5)4-15-7-3-13-14-8(7)9(10,11)12/h3,5-6H,2,4H2,1H3,(H,13,14)/t5-,6?/m0/s1. The molecule has 0 amide bonds. The third kappa shape index (κ3) is 2.24. The lowest BCUT2D eigenvalue weighted by Gasteiger charge is -2.08.